The van der Waals surface area contributed by atoms with Gasteiger partial charge in [-0.25, -0.2) is 0 Å². The van der Waals surface area contributed by atoms with Crippen LogP contribution >= 0.6 is 11.8 Å². The van der Waals surface area contributed by atoms with Crippen LogP contribution in [0.4, 0.5) is 13.2 Å². The molecule has 1 N–H and O–H groups in total. The molecule has 1 atom stereocenters. The van der Waals surface area contributed by atoms with E-state index >= 15 is 0 Å². The van der Waals surface area contributed by atoms with Gasteiger partial charge in [0.15, 0.2) is 0 Å². The molecule has 6 heteroatoms. The van der Waals surface area contributed by atoms with Gasteiger partial charge in [0.25, 0.3) is 0 Å². The summed E-state index contributed by atoms with van der Waals surface area (Å²) >= 11 is 1.79. The molecule has 0 aromatic heterocycles. The third-order valence-electron chi connectivity index (χ3n) is 2.88. The van der Waals surface area contributed by atoms with Crippen molar-refractivity contribution < 1.29 is 17.9 Å². The van der Waals surface area contributed by atoms with Gasteiger partial charge in [0.1, 0.15) is 5.75 Å². The van der Waals surface area contributed by atoms with Gasteiger partial charge >= 0.3 is 6.36 Å². The normalized spacial score (nSPS) is 20.1. The SMILES string of the molecule is CNC1CCSCc2ccc(OC(F)(F)F)cc21. The van der Waals surface area contributed by atoms with E-state index in [1.54, 1.807) is 17.8 Å². The first-order chi connectivity index (χ1) is 8.49. The van der Waals surface area contributed by atoms with Crippen molar-refractivity contribution in [3.05, 3.63) is 29.3 Å². The van der Waals surface area contributed by atoms with Gasteiger partial charge in [0.2, 0.25) is 0 Å². The summed E-state index contributed by atoms with van der Waals surface area (Å²) in [5.41, 5.74) is 1.98. The molecule has 0 radical (unpaired) electrons. The zero-order valence-electron chi connectivity index (χ0n) is 9.88. The van der Waals surface area contributed by atoms with Crippen LogP contribution in [-0.4, -0.2) is 19.2 Å². The summed E-state index contributed by atoms with van der Waals surface area (Å²) in [4.78, 5) is 0. The smallest absolute Gasteiger partial charge is 0.406 e. The Hall–Kier alpha value is -0.880. The molecule has 1 aliphatic heterocycles. The first kappa shape index (κ1) is 13.5. The molecule has 1 aromatic carbocycles. The Kier molecular flexibility index (Phi) is 4.07. The number of hydrogen-bond acceptors (Lipinski definition) is 3. The highest BCUT2D eigenvalue weighted by molar-refractivity contribution is 7.98. The summed E-state index contributed by atoms with van der Waals surface area (Å²) in [6.07, 6.45) is -3.73. The van der Waals surface area contributed by atoms with Gasteiger partial charge < -0.3 is 10.1 Å². The van der Waals surface area contributed by atoms with Crippen LogP contribution in [-0.2, 0) is 5.75 Å². The maximum Gasteiger partial charge on any atom is 0.573 e. The second-order valence-corrected chi connectivity index (χ2v) is 5.20. The van der Waals surface area contributed by atoms with Crippen LogP contribution in [0.3, 0.4) is 0 Å². The third kappa shape index (κ3) is 3.32. The van der Waals surface area contributed by atoms with Crippen molar-refractivity contribution in [1.29, 1.82) is 0 Å². The van der Waals surface area contributed by atoms with Crippen LogP contribution in [0.25, 0.3) is 0 Å². The minimum Gasteiger partial charge on any atom is -0.406 e. The van der Waals surface area contributed by atoms with Gasteiger partial charge in [-0.15, -0.1) is 13.2 Å². The lowest BCUT2D eigenvalue weighted by molar-refractivity contribution is -0.274. The van der Waals surface area contributed by atoms with E-state index in [4.69, 9.17) is 0 Å². The molecule has 2 nitrogen and oxygen atoms in total. The minimum absolute atomic E-state index is 0.0896. The van der Waals surface area contributed by atoms with Crippen LogP contribution in [0, 0.1) is 0 Å². The van der Waals surface area contributed by atoms with Gasteiger partial charge in [-0.2, -0.15) is 11.8 Å². The van der Waals surface area contributed by atoms with E-state index in [2.05, 4.69) is 10.1 Å². The Balaban J connectivity index is 2.30. The van der Waals surface area contributed by atoms with Crippen molar-refractivity contribution >= 4 is 11.8 Å². The molecule has 100 valence electrons. The number of rotatable bonds is 2. The topological polar surface area (TPSA) is 21.3 Å². The summed E-state index contributed by atoms with van der Waals surface area (Å²) in [5, 5.41) is 3.14. The summed E-state index contributed by atoms with van der Waals surface area (Å²) in [6.45, 7) is 0. The van der Waals surface area contributed by atoms with Gasteiger partial charge in [-0.1, -0.05) is 6.07 Å². The van der Waals surface area contributed by atoms with Crippen LogP contribution in [0.5, 0.6) is 5.75 Å². The number of halogens is 3. The third-order valence-corrected chi connectivity index (χ3v) is 3.92. The quantitative estimate of drug-likeness (QED) is 0.894. The van der Waals surface area contributed by atoms with E-state index in [1.165, 1.54) is 12.1 Å². The molecule has 0 saturated carbocycles. The molecular formula is C12H14F3NOS. The molecule has 2 rings (SSSR count). The Labute approximate surface area is 108 Å². The average Bonchev–Trinajstić information content (AvgIpc) is 2.48. The maximum atomic E-state index is 12.2. The molecule has 1 heterocycles. The van der Waals surface area contributed by atoms with Crippen LogP contribution < -0.4 is 10.1 Å². The van der Waals surface area contributed by atoms with Crippen molar-refractivity contribution in [2.75, 3.05) is 12.8 Å². The molecule has 1 aromatic rings. The van der Waals surface area contributed by atoms with Gasteiger partial charge in [0.05, 0.1) is 0 Å². The number of nitrogens with one attached hydrogen (secondary N) is 1. The molecule has 0 aliphatic carbocycles. The number of benzene rings is 1. The fraction of sp³-hybridized carbons (Fsp3) is 0.500. The van der Waals surface area contributed by atoms with Gasteiger partial charge in [-0.05, 0) is 42.5 Å². The van der Waals surface area contributed by atoms with Gasteiger partial charge in [-0.3, -0.25) is 0 Å². The fourth-order valence-electron chi connectivity index (χ4n) is 2.06. The number of fused-ring (bicyclic) bond motifs is 1. The number of thioether (sulfide) groups is 1. The Bertz CT molecular complexity index is 422. The largest absolute Gasteiger partial charge is 0.573 e. The Morgan fingerprint density at radius 2 is 2.17 bits per heavy atom. The van der Waals surface area contributed by atoms with Crippen LogP contribution in [0.2, 0.25) is 0 Å². The second kappa shape index (κ2) is 5.40. The predicted molar refractivity (Wildman–Crippen MR) is 65.7 cm³/mol. The highest BCUT2D eigenvalue weighted by Gasteiger charge is 2.31. The molecule has 0 saturated heterocycles. The van der Waals surface area contributed by atoms with E-state index in [1.807, 2.05) is 7.05 Å². The zero-order valence-corrected chi connectivity index (χ0v) is 10.7. The molecule has 1 aliphatic rings. The monoisotopic (exact) mass is 277 g/mol. The summed E-state index contributed by atoms with van der Waals surface area (Å²) < 4.78 is 40.5. The Morgan fingerprint density at radius 1 is 1.39 bits per heavy atom. The van der Waals surface area contributed by atoms with E-state index in [-0.39, 0.29) is 11.8 Å². The van der Waals surface area contributed by atoms with Crippen LogP contribution in [0.15, 0.2) is 18.2 Å². The summed E-state index contributed by atoms with van der Waals surface area (Å²) in [7, 11) is 1.82. The number of alkyl halides is 3. The summed E-state index contributed by atoms with van der Waals surface area (Å²) in [5.74, 6) is 1.68. The predicted octanol–water partition coefficient (Wildman–Crippen LogP) is 3.48. The summed E-state index contributed by atoms with van der Waals surface area (Å²) in [6, 6.07) is 4.69. The molecule has 0 fully saturated rings. The molecular weight excluding hydrogens is 263 g/mol. The van der Waals surface area contributed by atoms with Crippen molar-refractivity contribution in [2.24, 2.45) is 0 Å². The minimum atomic E-state index is -4.64. The number of ether oxygens (including phenoxy) is 1. The van der Waals surface area contributed by atoms with Crippen molar-refractivity contribution in [1.82, 2.24) is 5.32 Å². The lowest BCUT2D eigenvalue weighted by atomic mass is 9.99. The van der Waals surface area contributed by atoms with Crippen molar-refractivity contribution in [2.45, 2.75) is 24.6 Å². The van der Waals surface area contributed by atoms with Gasteiger partial charge in [0, 0.05) is 11.8 Å². The fourth-order valence-corrected chi connectivity index (χ4v) is 3.09. The second-order valence-electron chi connectivity index (χ2n) is 4.09. The molecule has 18 heavy (non-hydrogen) atoms. The Morgan fingerprint density at radius 3 is 2.83 bits per heavy atom. The maximum absolute atomic E-state index is 12.2. The van der Waals surface area contributed by atoms with Crippen LogP contribution in [0.1, 0.15) is 23.6 Å². The zero-order chi connectivity index (χ0) is 13.2. The van der Waals surface area contributed by atoms with E-state index in [9.17, 15) is 13.2 Å². The van der Waals surface area contributed by atoms with Crippen molar-refractivity contribution in [3.63, 3.8) is 0 Å². The highest BCUT2D eigenvalue weighted by atomic mass is 32.2. The first-order valence-electron chi connectivity index (χ1n) is 5.63. The van der Waals surface area contributed by atoms with E-state index < -0.39 is 6.36 Å². The highest BCUT2D eigenvalue weighted by Crippen LogP contribution is 2.34. The standard InChI is InChI=1S/C12H14F3NOS/c1-16-11-4-5-18-7-8-2-3-9(6-10(8)11)17-12(13,14)15/h2-3,6,11,16H,4-5,7H2,1H3. The average molecular weight is 277 g/mol. The van der Waals surface area contributed by atoms with E-state index in [0.29, 0.717) is 0 Å². The first-order valence-corrected chi connectivity index (χ1v) is 6.78. The lowest BCUT2D eigenvalue weighted by Crippen LogP contribution is -2.19. The van der Waals surface area contributed by atoms with Crippen molar-refractivity contribution in [3.8, 4) is 5.75 Å². The molecule has 0 amide bonds. The number of hydrogen-bond donors (Lipinski definition) is 1. The molecule has 0 spiro atoms. The molecule has 1 unspecified atom stereocenters. The van der Waals surface area contributed by atoms with E-state index in [0.717, 1.165) is 29.1 Å². The lowest BCUT2D eigenvalue weighted by Gasteiger charge is -2.18. The molecule has 0 bridgehead atoms.